The number of carbonyl (C=O) groups is 1. The predicted octanol–water partition coefficient (Wildman–Crippen LogP) is 0.414. The Bertz CT molecular complexity index is 481. The molecule has 0 saturated heterocycles. The Balaban J connectivity index is 1.80. The Morgan fingerprint density at radius 1 is 1.72 bits per heavy atom. The van der Waals surface area contributed by atoms with Crippen LogP contribution in [0.15, 0.2) is 6.33 Å². The Kier molecular flexibility index (Phi) is 3.32. The highest BCUT2D eigenvalue weighted by molar-refractivity contribution is 5.86. The number of rotatable bonds is 4. The van der Waals surface area contributed by atoms with Crippen LogP contribution in [-0.4, -0.2) is 27.2 Å². The van der Waals surface area contributed by atoms with Crippen LogP contribution in [-0.2, 0) is 18.3 Å². The second-order valence-electron chi connectivity index (χ2n) is 5.05. The molecule has 1 aliphatic carbocycles. The molecule has 1 saturated carbocycles. The van der Waals surface area contributed by atoms with E-state index in [2.05, 4.69) is 28.4 Å². The minimum Gasteiger partial charge on any atom is -0.354 e. The molecule has 0 spiro atoms. The van der Waals surface area contributed by atoms with Gasteiger partial charge < -0.3 is 5.32 Å². The van der Waals surface area contributed by atoms with Gasteiger partial charge in [0.15, 0.2) is 5.82 Å². The van der Waals surface area contributed by atoms with Gasteiger partial charge in [-0.15, -0.1) is 0 Å². The fourth-order valence-electron chi connectivity index (χ4n) is 2.41. The van der Waals surface area contributed by atoms with Gasteiger partial charge in [0.2, 0.25) is 5.91 Å². The number of nitrogens with one attached hydrogen (secondary N) is 1. The van der Waals surface area contributed by atoms with Crippen molar-refractivity contribution in [2.45, 2.75) is 26.2 Å². The van der Waals surface area contributed by atoms with Crippen LogP contribution in [0.25, 0.3) is 0 Å². The number of aromatic nitrogens is 3. The fraction of sp³-hybridized carbons (Fsp3) is 0.667. The molecule has 0 aliphatic heterocycles. The zero-order valence-electron chi connectivity index (χ0n) is 10.7. The van der Waals surface area contributed by atoms with Crippen LogP contribution in [0.5, 0.6) is 0 Å². The molecule has 0 atom stereocenters. The predicted molar refractivity (Wildman–Crippen MR) is 64.2 cm³/mol. The number of amides is 1. The lowest BCUT2D eigenvalue weighted by atomic mass is 9.63. The van der Waals surface area contributed by atoms with Crippen molar-refractivity contribution < 1.29 is 4.79 Å². The first kappa shape index (κ1) is 12.6. The van der Waals surface area contributed by atoms with Crippen molar-refractivity contribution in [3.63, 3.8) is 0 Å². The van der Waals surface area contributed by atoms with E-state index < -0.39 is 5.41 Å². The monoisotopic (exact) mass is 247 g/mol. The third-order valence-corrected chi connectivity index (χ3v) is 3.32. The van der Waals surface area contributed by atoms with Crippen LogP contribution in [0.1, 0.15) is 25.6 Å². The van der Waals surface area contributed by atoms with Crippen molar-refractivity contribution in [1.82, 2.24) is 20.1 Å². The van der Waals surface area contributed by atoms with Gasteiger partial charge >= 0.3 is 0 Å². The minimum absolute atomic E-state index is 0.154. The molecule has 18 heavy (non-hydrogen) atoms. The lowest BCUT2D eigenvalue weighted by Gasteiger charge is -2.39. The normalized spacial score (nSPS) is 26.2. The van der Waals surface area contributed by atoms with Gasteiger partial charge in [0, 0.05) is 20.0 Å². The molecule has 6 heteroatoms. The van der Waals surface area contributed by atoms with Gasteiger partial charge in [0.05, 0.1) is 6.07 Å². The highest BCUT2D eigenvalue weighted by Crippen LogP contribution is 2.44. The van der Waals surface area contributed by atoms with E-state index in [1.165, 1.54) is 0 Å². The number of aryl methyl sites for hydroxylation is 1. The zero-order chi connectivity index (χ0) is 13.2. The van der Waals surface area contributed by atoms with E-state index in [9.17, 15) is 4.79 Å². The van der Waals surface area contributed by atoms with Crippen molar-refractivity contribution in [2.24, 2.45) is 18.4 Å². The molecule has 2 rings (SSSR count). The molecule has 0 unspecified atom stereocenters. The summed E-state index contributed by atoms with van der Waals surface area (Å²) in [6, 6.07) is 2.15. The summed E-state index contributed by atoms with van der Waals surface area (Å²) in [7, 11) is 1.80. The number of carbonyl (C=O) groups excluding carboxylic acids is 1. The van der Waals surface area contributed by atoms with Crippen molar-refractivity contribution >= 4 is 5.91 Å². The van der Waals surface area contributed by atoms with E-state index in [1.54, 1.807) is 18.1 Å². The summed E-state index contributed by atoms with van der Waals surface area (Å²) in [5.74, 6) is 1.01. The van der Waals surface area contributed by atoms with Gasteiger partial charge in [0.25, 0.3) is 0 Å². The first-order valence-electron chi connectivity index (χ1n) is 6.10. The lowest BCUT2D eigenvalue weighted by Crippen LogP contribution is -2.48. The Hall–Kier alpha value is -1.90. The number of hydrogen-bond acceptors (Lipinski definition) is 4. The molecule has 0 radical (unpaired) electrons. The van der Waals surface area contributed by atoms with Crippen molar-refractivity contribution in [2.75, 3.05) is 6.54 Å². The summed E-state index contributed by atoms with van der Waals surface area (Å²) < 4.78 is 1.63. The SMILES string of the molecule is CC1CC(C#N)(C(=O)NCCc2ncn(C)n2)C1. The Morgan fingerprint density at radius 3 is 2.94 bits per heavy atom. The minimum atomic E-state index is -0.795. The van der Waals surface area contributed by atoms with Crippen molar-refractivity contribution in [1.29, 1.82) is 5.26 Å². The average molecular weight is 247 g/mol. The maximum atomic E-state index is 11.9. The first-order valence-corrected chi connectivity index (χ1v) is 6.10. The highest BCUT2D eigenvalue weighted by atomic mass is 16.2. The third kappa shape index (κ3) is 2.35. The first-order chi connectivity index (χ1) is 8.55. The van der Waals surface area contributed by atoms with Gasteiger partial charge in [0.1, 0.15) is 11.7 Å². The van der Waals surface area contributed by atoms with Crippen molar-refractivity contribution in [3.05, 3.63) is 12.2 Å². The molecular weight excluding hydrogens is 230 g/mol. The van der Waals surface area contributed by atoms with Gasteiger partial charge in [-0.2, -0.15) is 10.4 Å². The Labute approximate surface area is 106 Å². The summed E-state index contributed by atoms with van der Waals surface area (Å²) >= 11 is 0. The van der Waals surface area contributed by atoms with E-state index >= 15 is 0 Å². The topological polar surface area (TPSA) is 83.6 Å². The maximum Gasteiger partial charge on any atom is 0.240 e. The molecule has 1 heterocycles. The molecule has 1 fully saturated rings. The van der Waals surface area contributed by atoms with Crippen LogP contribution >= 0.6 is 0 Å². The Morgan fingerprint density at radius 2 is 2.44 bits per heavy atom. The van der Waals surface area contributed by atoms with Gasteiger partial charge in [-0.1, -0.05) is 6.92 Å². The molecule has 1 aromatic rings. The molecule has 1 aromatic heterocycles. The van der Waals surface area contributed by atoms with Crippen LogP contribution < -0.4 is 5.32 Å². The summed E-state index contributed by atoms with van der Waals surface area (Å²) in [5.41, 5.74) is -0.795. The number of nitriles is 1. The third-order valence-electron chi connectivity index (χ3n) is 3.32. The quantitative estimate of drug-likeness (QED) is 0.835. The van der Waals surface area contributed by atoms with Gasteiger partial charge in [-0.25, -0.2) is 4.98 Å². The van der Waals surface area contributed by atoms with Crippen LogP contribution in [0, 0.1) is 22.7 Å². The summed E-state index contributed by atoms with van der Waals surface area (Å²) in [6.07, 6.45) is 3.54. The molecule has 96 valence electrons. The van der Waals surface area contributed by atoms with Crippen molar-refractivity contribution in [3.8, 4) is 6.07 Å². The van der Waals surface area contributed by atoms with E-state index in [-0.39, 0.29) is 5.91 Å². The molecule has 0 bridgehead atoms. The summed E-state index contributed by atoms with van der Waals surface area (Å²) in [6.45, 7) is 2.53. The van der Waals surface area contributed by atoms with Gasteiger partial charge in [-0.05, 0) is 18.8 Å². The second kappa shape index (κ2) is 4.77. The molecule has 1 aliphatic rings. The molecule has 0 aromatic carbocycles. The van der Waals surface area contributed by atoms with Crippen LogP contribution in [0.4, 0.5) is 0 Å². The standard InChI is InChI=1S/C12H17N5O/c1-9-5-12(6-9,7-13)11(18)14-4-3-10-15-8-17(2)16-10/h8-9H,3-6H2,1-2H3,(H,14,18). The van der Waals surface area contributed by atoms with Crippen LogP contribution in [0.2, 0.25) is 0 Å². The number of nitrogens with zero attached hydrogens (tertiary/aromatic N) is 4. The molecular formula is C12H17N5O. The van der Waals surface area contributed by atoms with Gasteiger partial charge in [-0.3, -0.25) is 9.48 Å². The lowest BCUT2D eigenvalue weighted by molar-refractivity contribution is -0.133. The van der Waals surface area contributed by atoms with Crippen LogP contribution in [0.3, 0.4) is 0 Å². The fourth-order valence-corrected chi connectivity index (χ4v) is 2.41. The molecule has 1 N–H and O–H groups in total. The highest BCUT2D eigenvalue weighted by Gasteiger charge is 2.48. The van der Waals surface area contributed by atoms with E-state index in [4.69, 9.17) is 5.26 Å². The maximum absolute atomic E-state index is 11.9. The molecule has 6 nitrogen and oxygen atoms in total. The summed E-state index contributed by atoms with van der Waals surface area (Å²) in [5, 5.41) is 16.0. The number of hydrogen-bond donors (Lipinski definition) is 1. The average Bonchev–Trinajstić information content (AvgIpc) is 2.70. The summed E-state index contributed by atoms with van der Waals surface area (Å²) in [4.78, 5) is 16.0. The van der Waals surface area contributed by atoms with E-state index in [1.807, 2.05) is 0 Å². The smallest absolute Gasteiger partial charge is 0.240 e. The van der Waals surface area contributed by atoms with E-state index in [0.717, 1.165) is 0 Å². The largest absolute Gasteiger partial charge is 0.354 e. The zero-order valence-corrected chi connectivity index (χ0v) is 10.7. The second-order valence-corrected chi connectivity index (χ2v) is 5.05. The van der Waals surface area contributed by atoms with E-state index in [0.29, 0.717) is 37.5 Å². The molecule has 1 amide bonds.